The number of nitrogens with one attached hydrogen (secondary N) is 1. The first-order valence-electron chi connectivity index (χ1n) is 8.98. The van der Waals surface area contributed by atoms with E-state index in [4.69, 9.17) is 9.47 Å². The van der Waals surface area contributed by atoms with Gasteiger partial charge in [0, 0.05) is 6.54 Å². The van der Waals surface area contributed by atoms with Crippen molar-refractivity contribution in [1.29, 1.82) is 0 Å². The third-order valence-electron chi connectivity index (χ3n) is 4.04. The highest BCUT2D eigenvalue weighted by molar-refractivity contribution is 5.81. The number of allylic oxidation sites excluding steroid dienone is 3. The number of hydrogen-bond donors (Lipinski definition) is 1. The molecule has 26 heavy (non-hydrogen) atoms. The molecule has 0 bridgehead atoms. The van der Waals surface area contributed by atoms with Gasteiger partial charge in [-0.05, 0) is 48.6 Å². The van der Waals surface area contributed by atoms with Gasteiger partial charge in [0.05, 0.1) is 12.9 Å². The highest BCUT2D eigenvalue weighted by atomic mass is 16.5. The number of amides is 1. The summed E-state index contributed by atoms with van der Waals surface area (Å²) in [6, 6.07) is 7.87. The van der Waals surface area contributed by atoms with Gasteiger partial charge in [-0.15, -0.1) is 0 Å². The van der Waals surface area contributed by atoms with Gasteiger partial charge in [0.1, 0.15) is 5.75 Å². The lowest BCUT2D eigenvalue weighted by Crippen LogP contribution is -2.42. The van der Waals surface area contributed by atoms with E-state index in [9.17, 15) is 4.79 Å². The molecule has 0 fully saturated rings. The lowest BCUT2D eigenvalue weighted by molar-refractivity contribution is -0.129. The SMILES string of the molecule is C=C/C(=C\C=C(/C)OC)CNC(=O)C(Oc1ccc(CC)cc1)C(C)C. The number of ether oxygens (including phenoxy) is 2. The predicted octanol–water partition coefficient (Wildman–Crippen LogP) is 4.43. The van der Waals surface area contributed by atoms with Crippen molar-refractivity contribution in [2.75, 3.05) is 13.7 Å². The summed E-state index contributed by atoms with van der Waals surface area (Å²) in [4.78, 5) is 12.6. The van der Waals surface area contributed by atoms with E-state index in [0.29, 0.717) is 12.3 Å². The molecule has 0 saturated heterocycles. The minimum absolute atomic E-state index is 0.0487. The van der Waals surface area contributed by atoms with Crippen LogP contribution in [0.1, 0.15) is 33.3 Å². The van der Waals surface area contributed by atoms with Crippen molar-refractivity contribution in [2.45, 2.75) is 40.2 Å². The molecular formula is C22H31NO3. The maximum atomic E-state index is 12.6. The van der Waals surface area contributed by atoms with Crippen LogP contribution in [-0.2, 0) is 16.0 Å². The highest BCUT2D eigenvalue weighted by Gasteiger charge is 2.24. The molecule has 4 heteroatoms. The van der Waals surface area contributed by atoms with Gasteiger partial charge in [0.2, 0.25) is 0 Å². The second-order valence-electron chi connectivity index (χ2n) is 6.42. The molecular weight excluding hydrogens is 326 g/mol. The van der Waals surface area contributed by atoms with Crippen LogP contribution in [0.15, 0.2) is 60.4 Å². The molecule has 0 aliphatic carbocycles. The Hall–Kier alpha value is -2.49. The van der Waals surface area contributed by atoms with Crippen molar-refractivity contribution in [3.8, 4) is 5.75 Å². The average molecular weight is 357 g/mol. The standard InChI is InChI=1S/C22H31NO3/c1-7-18-11-13-20(14-12-18)26-21(16(3)4)22(24)23-15-19(8-2)10-9-17(5)25-6/h8-14,16,21H,2,7,15H2,1,3-6H3,(H,23,24)/b17-9+,19-10+. The first kappa shape index (κ1) is 21.6. The fourth-order valence-electron chi connectivity index (χ4n) is 2.22. The highest BCUT2D eigenvalue weighted by Crippen LogP contribution is 2.17. The molecule has 0 saturated carbocycles. The van der Waals surface area contributed by atoms with Crippen LogP contribution < -0.4 is 10.1 Å². The van der Waals surface area contributed by atoms with Crippen molar-refractivity contribution in [3.05, 3.63) is 66.0 Å². The van der Waals surface area contributed by atoms with Crippen molar-refractivity contribution >= 4 is 5.91 Å². The summed E-state index contributed by atoms with van der Waals surface area (Å²) in [6.07, 6.45) is 5.86. The molecule has 0 radical (unpaired) electrons. The number of carbonyl (C=O) groups is 1. The molecule has 1 rings (SSSR count). The summed E-state index contributed by atoms with van der Waals surface area (Å²) in [5.41, 5.74) is 2.13. The Balaban J connectivity index is 2.74. The van der Waals surface area contributed by atoms with E-state index in [1.165, 1.54) is 5.56 Å². The number of aryl methyl sites for hydroxylation is 1. The van der Waals surface area contributed by atoms with Gasteiger partial charge >= 0.3 is 0 Å². The Morgan fingerprint density at radius 3 is 2.38 bits per heavy atom. The van der Waals surface area contributed by atoms with Crippen molar-refractivity contribution in [3.63, 3.8) is 0 Å². The molecule has 0 spiro atoms. The molecule has 1 unspecified atom stereocenters. The van der Waals surface area contributed by atoms with E-state index < -0.39 is 6.10 Å². The molecule has 1 amide bonds. The summed E-state index contributed by atoms with van der Waals surface area (Å²) >= 11 is 0. The summed E-state index contributed by atoms with van der Waals surface area (Å²) in [6.45, 7) is 12.1. The minimum atomic E-state index is -0.551. The molecule has 1 aromatic carbocycles. The fraction of sp³-hybridized carbons (Fsp3) is 0.409. The minimum Gasteiger partial charge on any atom is -0.501 e. The summed E-state index contributed by atoms with van der Waals surface area (Å²) in [5, 5.41) is 2.93. The Kier molecular flexibility index (Phi) is 9.27. The van der Waals surface area contributed by atoms with Gasteiger partial charge in [-0.2, -0.15) is 0 Å². The molecule has 0 aromatic heterocycles. The lowest BCUT2D eigenvalue weighted by atomic mass is 10.1. The first-order valence-corrected chi connectivity index (χ1v) is 8.98. The van der Waals surface area contributed by atoms with Gasteiger partial charge < -0.3 is 14.8 Å². The Labute approximate surface area is 157 Å². The van der Waals surface area contributed by atoms with E-state index in [0.717, 1.165) is 17.8 Å². The van der Waals surface area contributed by atoms with E-state index in [-0.39, 0.29) is 11.8 Å². The zero-order valence-corrected chi connectivity index (χ0v) is 16.5. The quantitative estimate of drug-likeness (QED) is 0.498. The van der Waals surface area contributed by atoms with Crippen LogP contribution in [0.4, 0.5) is 0 Å². The molecule has 1 atom stereocenters. The average Bonchev–Trinajstić information content (AvgIpc) is 2.65. The van der Waals surface area contributed by atoms with Gasteiger partial charge in [-0.3, -0.25) is 4.79 Å². The normalized spacial score (nSPS) is 13.3. The maximum absolute atomic E-state index is 12.6. The van der Waals surface area contributed by atoms with Crippen LogP contribution in [0.25, 0.3) is 0 Å². The number of carbonyl (C=O) groups excluding carboxylic acids is 1. The van der Waals surface area contributed by atoms with E-state index in [2.05, 4.69) is 18.8 Å². The van der Waals surface area contributed by atoms with Gasteiger partial charge in [-0.25, -0.2) is 0 Å². The van der Waals surface area contributed by atoms with E-state index in [1.807, 2.05) is 57.2 Å². The van der Waals surface area contributed by atoms with Gasteiger partial charge in [0.15, 0.2) is 6.10 Å². The van der Waals surface area contributed by atoms with Crippen LogP contribution >= 0.6 is 0 Å². The van der Waals surface area contributed by atoms with Gasteiger partial charge in [-0.1, -0.05) is 51.6 Å². The van der Waals surface area contributed by atoms with Crippen LogP contribution in [0, 0.1) is 5.92 Å². The van der Waals surface area contributed by atoms with Crippen molar-refractivity contribution < 1.29 is 14.3 Å². The summed E-state index contributed by atoms with van der Waals surface area (Å²) < 4.78 is 11.0. The number of methoxy groups -OCH3 is 1. The Morgan fingerprint density at radius 1 is 1.23 bits per heavy atom. The largest absolute Gasteiger partial charge is 0.501 e. The number of rotatable bonds is 10. The third-order valence-corrected chi connectivity index (χ3v) is 4.04. The second kappa shape index (κ2) is 11.2. The topological polar surface area (TPSA) is 47.6 Å². The number of benzene rings is 1. The van der Waals surface area contributed by atoms with E-state index >= 15 is 0 Å². The molecule has 4 nitrogen and oxygen atoms in total. The predicted molar refractivity (Wildman–Crippen MR) is 107 cm³/mol. The third kappa shape index (κ3) is 7.18. The van der Waals surface area contributed by atoms with Crippen LogP contribution in [0.3, 0.4) is 0 Å². The lowest BCUT2D eigenvalue weighted by Gasteiger charge is -2.22. The van der Waals surface area contributed by atoms with Crippen molar-refractivity contribution in [1.82, 2.24) is 5.32 Å². The summed E-state index contributed by atoms with van der Waals surface area (Å²) in [7, 11) is 1.62. The Morgan fingerprint density at radius 2 is 1.88 bits per heavy atom. The first-order chi connectivity index (χ1) is 12.4. The van der Waals surface area contributed by atoms with Crippen LogP contribution in [0.5, 0.6) is 5.75 Å². The fourth-order valence-corrected chi connectivity index (χ4v) is 2.22. The maximum Gasteiger partial charge on any atom is 0.261 e. The van der Waals surface area contributed by atoms with Crippen LogP contribution in [0.2, 0.25) is 0 Å². The molecule has 1 aromatic rings. The van der Waals surface area contributed by atoms with Gasteiger partial charge in [0.25, 0.3) is 5.91 Å². The van der Waals surface area contributed by atoms with E-state index in [1.54, 1.807) is 13.2 Å². The Bertz CT molecular complexity index is 642. The molecule has 142 valence electrons. The smallest absolute Gasteiger partial charge is 0.261 e. The zero-order valence-electron chi connectivity index (χ0n) is 16.5. The zero-order chi connectivity index (χ0) is 19.5. The molecule has 1 N–H and O–H groups in total. The monoisotopic (exact) mass is 357 g/mol. The molecule has 0 heterocycles. The van der Waals surface area contributed by atoms with Crippen LogP contribution in [-0.4, -0.2) is 25.7 Å². The van der Waals surface area contributed by atoms with Crippen molar-refractivity contribution in [2.24, 2.45) is 5.92 Å². The summed E-state index contributed by atoms with van der Waals surface area (Å²) in [5.74, 6) is 1.40. The number of hydrogen-bond acceptors (Lipinski definition) is 3. The molecule has 0 aliphatic rings. The second-order valence-corrected chi connectivity index (χ2v) is 6.42. The molecule has 0 aliphatic heterocycles.